The van der Waals surface area contributed by atoms with Crippen molar-refractivity contribution in [2.75, 3.05) is 13.1 Å². The molecule has 8 nitrogen and oxygen atoms in total. The van der Waals surface area contributed by atoms with Crippen LogP contribution in [0, 0.1) is 5.92 Å². The van der Waals surface area contributed by atoms with E-state index in [2.05, 4.69) is 5.32 Å². The molecule has 1 heterocycles. The lowest BCUT2D eigenvalue weighted by Gasteiger charge is -2.34. The first-order valence-electron chi connectivity index (χ1n) is 8.81. The highest BCUT2D eigenvalue weighted by Gasteiger charge is 2.32. The Balaban J connectivity index is 2.16. The zero-order valence-corrected chi connectivity index (χ0v) is 16.7. The lowest BCUT2D eigenvalue weighted by molar-refractivity contribution is -0.140. The van der Waals surface area contributed by atoms with E-state index < -0.39 is 27.9 Å². The van der Waals surface area contributed by atoms with Crippen molar-refractivity contribution in [3.8, 4) is 0 Å². The molecule has 2 N–H and O–H groups in total. The molecule has 0 radical (unpaired) electrons. The molecule has 0 saturated carbocycles. The highest BCUT2D eigenvalue weighted by molar-refractivity contribution is 7.89. The van der Waals surface area contributed by atoms with Gasteiger partial charge in [0.05, 0.1) is 17.1 Å². The summed E-state index contributed by atoms with van der Waals surface area (Å²) in [6, 6.07) is 4.47. The molecule has 0 spiro atoms. The van der Waals surface area contributed by atoms with Gasteiger partial charge < -0.3 is 15.2 Å². The number of carbonyl (C=O) groups excluding carboxylic acids is 1. The highest BCUT2D eigenvalue weighted by Crippen LogP contribution is 2.21. The normalized spacial score (nSPS) is 22.4. The van der Waals surface area contributed by atoms with Gasteiger partial charge in [0.1, 0.15) is 6.04 Å². The Morgan fingerprint density at radius 2 is 1.67 bits per heavy atom. The van der Waals surface area contributed by atoms with Crippen molar-refractivity contribution in [1.82, 2.24) is 9.62 Å². The fraction of sp³-hybridized carbons (Fsp3) is 0.556. The number of carbonyl (C=O) groups is 2. The van der Waals surface area contributed by atoms with E-state index in [1.165, 1.54) is 28.6 Å². The number of morpholine rings is 1. The van der Waals surface area contributed by atoms with Crippen LogP contribution in [0.2, 0.25) is 0 Å². The zero-order valence-electron chi connectivity index (χ0n) is 15.9. The van der Waals surface area contributed by atoms with Crippen molar-refractivity contribution in [3.63, 3.8) is 0 Å². The fourth-order valence-corrected chi connectivity index (χ4v) is 4.58. The lowest BCUT2D eigenvalue weighted by atomic mass is 10.0. The maximum atomic E-state index is 12.8. The van der Waals surface area contributed by atoms with Crippen LogP contribution < -0.4 is 5.32 Å². The van der Waals surface area contributed by atoms with Gasteiger partial charge in [-0.15, -0.1) is 0 Å². The number of nitrogens with zero attached hydrogens (tertiary/aromatic N) is 1. The zero-order chi connectivity index (χ0) is 20.4. The molecular weight excluding hydrogens is 372 g/mol. The Morgan fingerprint density at radius 1 is 1.15 bits per heavy atom. The first-order chi connectivity index (χ1) is 12.5. The summed E-state index contributed by atoms with van der Waals surface area (Å²) in [6.07, 6.45) is -0.393. The van der Waals surface area contributed by atoms with Crippen LogP contribution in [0.15, 0.2) is 29.2 Å². The van der Waals surface area contributed by atoms with E-state index in [9.17, 15) is 18.0 Å². The van der Waals surface area contributed by atoms with Crippen LogP contribution in [-0.4, -0.2) is 61.0 Å². The Bertz CT molecular complexity index is 781. The van der Waals surface area contributed by atoms with Crippen LogP contribution in [0.1, 0.15) is 38.1 Å². The molecule has 27 heavy (non-hydrogen) atoms. The summed E-state index contributed by atoms with van der Waals surface area (Å²) in [5.74, 6) is -1.96. The minimum absolute atomic E-state index is 0.0824. The van der Waals surface area contributed by atoms with Gasteiger partial charge in [-0.25, -0.2) is 13.2 Å². The number of carboxylic acids is 1. The predicted octanol–water partition coefficient (Wildman–Crippen LogP) is 1.32. The molecule has 3 atom stereocenters. The van der Waals surface area contributed by atoms with E-state index in [4.69, 9.17) is 9.84 Å². The number of hydrogen-bond donors (Lipinski definition) is 2. The number of hydrogen-bond acceptors (Lipinski definition) is 5. The van der Waals surface area contributed by atoms with E-state index in [1.807, 2.05) is 13.8 Å². The molecule has 1 aliphatic heterocycles. The van der Waals surface area contributed by atoms with E-state index in [-0.39, 0.29) is 41.7 Å². The maximum Gasteiger partial charge on any atom is 0.326 e. The second-order valence-corrected chi connectivity index (χ2v) is 9.08. The van der Waals surface area contributed by atoms with Gasteiger partial charge in [0.15, 0.2) is 0 Å². The van der Waals surface area contributed by atoms with E-state index in [1.54, 1.807) is 13.8 Å². The van der Waals surface area contributed by atoms with Gasteiger partial charge in [-0.1, -0.05) is 13.8 Å². The first-order valence-corrected chi connectivity index (χ1v) is 10.3. The molecule has 0 aromatic heterocycles. The van der Waals surface area contributed by atoms with Gasteiger partial charge >= 0.3 is 5.97 Å². The molecule has 1 saturated heterocycles. The largest absolute Gasteiger partial charge is 0.480 e. The van der Waals surface area contributed by atoms with Crippen LogP contribution >= 0.6 is 0 Å². The average molecular weight is 398 g/mol. The molecule has 2 unspecified atom stereocenters. The van der Waals surface area contributed by atoms with E-state index >= 15 is 0 Å². The Hall–Kier alpha value is -1.97. The van der Waals surface area contributed by atoms with Crippen molar-refractivity contribution in [2.45, 2.75) is 50.8 Å². The van der Waals surface area contributed by atoms with Gasteiger partial charge in [0, 0.05) is 18.7 Å². The average Bonchev–Trinajstić information content (AvgIpc) is 2.58. The molecular formula is C18H26N2O6S. The summed E-state index contributed by atoms with van der Waals surface area (Å²) in [5, 5.41) is 11.6. The molecule has 1 aliphatic rings. The molecule has 1 amide bonds. The molecule has 0 bridgehead atoms. The van der Waals surface area contributed by atoms with Gasteiger partial charge in [0.25, 0.3) is 5.91 Å². The molecule has 1 aromatic rings. The molecule has 150 valence electrons. The van der Waals surface area contributed by atoms with E-state index in [0.29, 0.717) is 0 Å². The summed E-state index contributed by atoms with van der Waals surface area (Å²) in [6.45, 7) is 7.56. The van der Waals surface area contributed by atoms with Gasteiger partial charge in [-0.2, -0.15) is 4.31 Å². The lowest BCUT2D eigenvalue weighted by Crippen LogP contribution is -2.48. The molecule has 1 fully saturated rings. The number of ether oxygens (including phenoxy) is 1. The van der Waals surface area contributed by atoms with Crippen molar-refractivity contribution >= 4 is 21.9 Å². The van der Waals surface area contributed by atoms with Crippen LogP contribution in [0.3, 0.4) is 0 Å². The van der Waals surface area contributed by atoms with Gasteiger partial charge in [0.2, 0.25) is 10.0 Å². The molecule has 2 rings (SSSR count). The minimum Gasteiger partial charge on any atom is -0.480 e. The van der Waals surface area contributed by atoms with Crippen LogP contribution in [0.25, 0.3) is 0 Å². The van der Waals surface area contributed by atoms with Crippen molar-refractivity contribution in [2.24, 2.45) is 5.92 Å². The Morgan fingerprint density at radius 3 is 2.11 bits per heavy atom. The summed E-state index contributed by atoms with van der Waals surface area (Å²) in [5.41, 5.74) is 0.199. The molecule has 0 aliphatic carbocycles. The number of sulfonamides is 1. The second-order valence-electron chi connectivity index (χ2n) is 7.14. The maximum absolute atomic E-state index is 12.8. The van der Waals surface area contributed by atoms with Crippen LogP contribution in [0.5, 0.6) is 0 Å². The van der Waals surface area contributed by atoms with Crippen molar-refractivity contribution < 1.29 is 27.9 Å². The van der Waals surface area contributed by atoms with Crippen molar-refractivity contribution in [1.29, 1.82) is 0 Å². The number of amides is 1. The summed E-state index contributed by atoms with van der Waals surface area (Å²) in [7, 11) is -3.69. The van der Waals surface area contributed by atoms with E-state index in [0.717, 1.165) is 0 Å². The second kappa shape index (κ2) is 8.37. The number of benzene rings is 1. The van der Waals surface area contributed by atoms with Gasteiger partial charge in [-0.3, -0.25) is 4.79 Å². The van der Waals surface area contributed by atoms with Crippen LogP contribution in [0.4, 0.5) is 0 Å². The minimum atomic E-state index is -3.69. The first kappa shape index (κ1) is 21.3. The number of aliphatic carboxylic acids is 1. The number of carboxylic acid groups (broad SMARTS) is 1. The predicted molar refractivity (Wildman–Crippen MR) is 98.9 cm³/mol. The summed E-state index contributed by atoms with van der Waals surface area (Å²) >= 11 is 0. The number of nitrogens with one attached hydrogen (secondary N) is 1. The Labute approximate surface area is 159 Å². The standard InChI is InChI=1S/C18H26N2O6S/c1-11(2)16(18(22)23)19-17(21)14-5-7-15(8-6-14)27(24,25)20-9-12(3)26-13(4)10-20/h5-8,11-13,16H,9-10H2,1-4H3,(H,19,21)(H,22,23)/t12?,13?,16-/m1/s1. The molecule has 9 heteroatoms. The van der Waals surface area contributed by atoms with Crippen molar-refractivity contribution in [3.05, 3.63) is 29.8 Å². The SMILES string of the molecule is CC1CN(S(=O)(=O)c2ccc(C(=O)N[C@@H](C(=O)O)C(C)C)cc2)CC(C)O1. The topological polar surface area (TPSA) is 113 Å². The van der Waals surface area contributed by atoms with Crippen LogP contribution in [-0.2, 0) is 19.6 Å². The third kappa shape index (κ3) is 5.06. The number of rotatable bonds is 6. The van der Waals surface area contributed by atoms with Gasteiger partial charge in [-0.05, 0) is 44.0 Å². The Kier molecular flexibility index (Phi) is 6.61. The fourth-order valence-electron chi connectivity index (χ4n) is 2.99. The third-order valence-corrected chi connectivity index (χ3v) is 6.21. The third-order valence-electron chi connectivity index (χ3n) is 4.36. The smallest absolute Gasteiger partial charge is 0.326 e. The molecule has 1 aromatic carbocycles. The summed E-state index contributed by atoms with van der Waals surface area (Å²) < 4.78 is 32.6. The quantitative estimate of drug-likeness (QED) is 0.747. The monoisotopic (exact) mass is 398 g/mol. The summed E-state index contributed by atoms with van der Waals surface area (Å²) in [4.78, 5) is 23.6. The highest BCUT2D eigenvalue weighted by atomic mass is 32.2.